The van der Waals surface area contributed by atoms with E-state index in [2.05, 4.69) is 0 Å². The number of methoxy groups -OCH3 is 1. The van der Waals surface area contributed by atoms with Gasteiger partial charge in [0, 0.05) is 19.1 Å². The van der Waals surface area contributed by atoms with Crippen LogP contribution in [0.1, 0.15) is 32.6 Å². The van der Waals surface area contributed by atoms with E-state index >= 15 is 0 Å². The molecule has 0 bridgehead atoms. The van der Waals surface area contributed by atoms with Crippen LogP contribution in [0.3, 0.4) is 0 Å². The molecule has 2 rings (SSSR count). The summed E-state index contributed by atoms with van der Waals surface area (Å²) in [6, 6.07) is 0.325. The van der Waals surface area contributed by atoms with Crippen molar-refractivity contribution in [2.24, 2.45) is 0 Å². The molecule has 1 aliphatic carbocycles. The summed E-state index contributed by atoms with van der Waals surface area (Å²) in [6.07, 6.45) is 4.55. The predicted molar refractivity (Wildman–Crippen MR) is 77.8 cm³/mol. The lowest BCUT2D eigenvalue weighted by Crippen LogP contribution is -2.50. The Bertz CT molecular complexity index is 369. The SMILES string of the molecule is COC(=O)CN(CC(=O)N1CCOC(C)C1)C1CCCC1. The highest BCUT2D eigenvalue weighted by Crippen LogP contribution is 2.23. The molecule has 1 amide bonds. The van der Waals surface area contributed by atoms with Crippen molar-refractivity contribution < 1.29 is 19.1 Å². The number of carbonyl (C=O) groups excluding carboxylic acids is 2. The van der Waals surface area contributed by atoms with E-state index in [4.69, 9.17) is 9.47 Å². The highest BCUT2D eigenvalue weighted by atomic mass is 16.5. The Balaban J connectivity index is 1.93. The summed E-state index contributed by atoms with van der Waals surface area (Å²) >= 11 is 0. The van der Waals surface area contributed by atoms with Crippen LogP contribution in [-0.2, 0) is 19.1 Å². The molecule has 2 aliphatic rings. The van der Waals surface area contributed by atoms with Gasteiger partial charge in [-0.25, -0.2) is 0 Å². The van der Waals surface area contributed by atoms with Crippen molar-refractivity contribution in [3.05, 3.63) is 0 Å². The first-order valence-electron chi connectivity index (χ1n) is 7.80. The fraction of sp³-hybridized carbons (Fsp3) is 0.867. The lowest BCUT2D eigenvalue weighted by Gasteiger charge is -2.34. The molecule has 0 spiro atoms. The van der Waals surface area contributed by atoms with Gasteiger partial charge in [0.25, 0.3) is 0 Å². The van der Waals surface area contributed by atoms with E-state index in [-0.39, 0.29) is 24.5 Å². The Hall–Kier alpha value is -1.14. The fourth-order valence-electron chi connectivity index (χ4n) is 3.13. The molecule has 6 heteroatoms. The van der Waals surface area contributed by atoms with E-state index in [9.17, 15) is 9.59 Å². The van der Waals surface area contributed by atoms with Crippen molar-refractivity contribution in [3.8, 4) is 0 Å². The molecule has 21 heavy (non-hydrogen) atoms. The van der Waals surface area contributed by atoms with Crippen LogP contribution >= 0.6 is 0 Å². The average molecular weight is 298 g/mol. The molecule has 1 heterocycles. The summed E-state index contributed by atoms with van der Waals surface area (Å²) in [5.74, 6) is -0.189. The van der Waals surface area contributed by atoms with Crippen molar-refractivity contribution in [3.63, 3.8) is 0 Å². The number of amides is 1. The molecule has 6 nitrogen and oxygen atoms in total. The first kappa shape index (κ1) is 16.2. The topological polar surface area (TPSA) is 59.1 Å². The van der Waals surface area contributed by atoms with Crippen LogP contribution in [0, 0.1) is 0 Å². The smallest absolute Gasteiger partial charge is 0.319 e. The lowest BCUT2D eigenvalue weighted by atomic mass is 10.2. The summed E-state index contributed by atoms with van der Waals surface area (Å²) in [4.78, 5) is 27.9. The fourth-order valence-corrected chi connectivity index (χ4v) is 3.13. The molecule has 0 aromatic carbocycles. The molecular formula is C15H26N2O4. The minimum Gasteiger partial charge on any atom is -0.468 e. The van der Waals surface area contributed by atoms with Crippen LogP contribution in [0.4, 0.5) is 0 Å². The zero-order chi connectivity index (χ0) is 15.2. The Morgan fingerprint density at radius 1 is 1.29 bits per heavy atom. The van der Waals surface area contributed by atoms with E-state index in [0.717, 1.165) is 12.8 Å². The minimum atomic E-state index is -0.273. The largest absolute Gasteiger partial charge is 0.468 e. The number of ether oxygens (including phenoxy) is 2. The van der Waals surface area contributed by atoms with Gasteiger partial charge in [-0.3, -0.25) is 14.5 Å². The molecule has 1 unspecified atom stereocenters. The highest BCUT2D eigenvalue weighted by Gasteiger charge is 2.29. The third kappa shape index (κ3) is 4.68. The first-order valence-corrected chi connectivity index (χ1v) is 7.80. The predicted octanol–water partition coefficient (Wildman–Crippen LogP) is 0.651. The van der Waals surface area contributed by atoms with E-state index in [0.29, 0.717) is 32.3 Å². The van der Waals surface area contributed by atoms with Gasteiger partial charge in [0.05, 0.1) is 32.9 Å². The van der Waals surface area contributed by atoms with Gasteiger partial charge in [-0.05, 0) is 19.8 Å². The standard InChI is InChI=1S/C15H26N2O4/c1-12-9-16(7-8-21-12)14(18)10-17(11-15(19)20-2)13-5-3-4-6-13/h12-13H,3-11H2,1-2H3. The van der Waals surface area contributed by atoms with Crippen LogP contribution in [0.2, 0.25) is 0 Å². The quantitative estimate of drug-likeness (QED) is 0.698. The van der Waals surface area contributed by atoms with Gasteiger partial charge < -0.3 is 14.4 Å². The van der Waals surface area contributed by atoms with Crippen molar-refractivity contribution in [2.75, 3.05) is 39.9 Å². The number of hydrogen-bond donors (Lipinski definition) is 0. The van der Waals surface area contributed by atoms with Crippen molar-refractivity contribution in [2.45, 2.75) is 44.8 Å². The first-order chi connectivity index (χ1) is 10.1. The molecule has 1 saturated carbocycles. The maximum atomic E-state index is 12.5. The third-order valence-electron chi connectivity index (χ3n) is 4.33. The molecule has 1 saturated heterocycles. The van der Waals surface area contributed by atoms with E-state index in [1.54, 1.807) is 0 Å². The molecule has 2 fully saturated rings. The number of esters is 1. The summed E-state index contributed by atoms with van der Waals surface area (Å²) in [6.45, 7) is 4.34. The minimum absolute atomic E-state index is 0.0842. The zero-order valence-electron chi connectivity index (χ0n) is 13.0. The van der Waals surface area contributed by atoms with Gasteiger partial charge in [-0.15, -0.1) is 0 Å². The van der Waals surface area contributed by atoms with Gasteiger partial charge in [0.2, 0.25) is 5.91 Å². The van der Waals surface area contributed by atoms with Crippen LogP contribution in [0.25, 0.3) is 0 Å². The summed E-state index contributed by atoms with van der Waals surface area (Å²) in [7, 11) is 1.39. The number of morpholine rings is 1. The number of rotatable bonds is 5. The number of carbonyl (C=O) groups is 2. The van der Waals surface area contributed by atoms with Crippen molar-refractivity contribution in [1.29, 1.82) is 0 Å². The van der Waals surface area contributed by atoms with E-state index in [1.807, 2.05) is 16.7 Å². The lowest BCUT2D eigenvalue weighted by molar-refractivity contribution is -0.145. The Morgan fingerprint density at radius 3 is 2.62 bits per heavy atom. The van der Waals surface area contributed by atoms with Gasteiger partial charge in [0.15, 0.2) is 0 Å². The van der Waals surface area contributed by atoms with Crippen molar-refractivity contribution >= 4 is 11.9 Å². The van der Waals surface area contributed by atoms with Gasteiger partial charge in [-0.1, -0.05) is 12.8 Å². The van der Waals surface area contributed by atoms with Gasteiger partial charge in [-0.2, -0.15) is 0 Å². The normalized spacial score (nSPS) is 23.6. The van der Waals surface area contributed by atoms with Crippen LogP contribution < -0.4 is 0 Å². The summed E-state index contributed by atoms with van der Waals surface area (Å²) in [5.41, 5.74) is 0. The maximum absolute atomic E-state index is 12.5. The number of hydrogen-bond acceptors (Lipinski definition) is 5. The molecule has 120 valence electrons. The van der Waals surface area contributed by atoms with Crippen LogP contribution in [0.5, 0.6) is 0 Å². The van der Waals surface area contributed by atoms with E-state index in [1.165, 1.54) is 20.0 Å². The zero-order valence-corrected chi connectivity index (χ0v) is 13.0. The average Bonchev–Trinajstić information content (AvgIpc) is 3.00. The maximum Gasteiger partial charge on any atom is 0.319 e. The molecule has 1 atom stereocenters. The van der Waals surface area contributed by atoms with E-state index < -0.39 is 0 Å². The molecule has 1 aliphatic heterocycles. The van der Waals surface area contributed by atoms with Gasteiger partial charge in [0.1, 0.15) is 0 Å². The van der Waals surface area contributed by atoms with Crippen LogP contribution in [0.15, 0.2) is 0 Å². The second kappa shape index (κ2) is 7.75. The highest BCUT2D eigenvalue weighted by molar-refractivity contribution is 5.79. The monoisotopic (exact) mass is 298 g/mol. The molecule has 0 N–H and O–H groups in total. The second-order valence-electron chi connectivity index (χ2n) is 5.94. The third-order valence-corrected chi connectivity index (χ3v) is 4.33. The molecular weight excluding hydrogens is 272 g/mol. The van der Waals surface area contributed by atoms with Gasteiger partial charge >= 0.3 is 5.97 Å². The van der Waals surface area contributed by atoms with Crippen molar-refractivity contribution in [1.82, 2.24) is 9.80 Å². The summed E-state index contributed by atoms with van der Waals surface area (Å²) in [5, 5.41) is 0. The number of nitrogens with zero attached hydrogens (tertiary/aromatic N) is 2. The Kier molecular flexibility index (Phi) is 5.99. The molecule has 0 radical (unpaired) electrons. The Morgan fingerprint density at radius 2 is 2.00 bits per heavy atom. The molecule has 0 aromatic rings. The second-order valence-corrected chi connectivity index (χ2v) is 5.94. The molecule has 0 aromatic heterocycles. The Labute approximate surface area is 126 Å². The summed E-state index contributed by atoms with van der Waals surface area (Å²) < 4.78 is 10.2. The van der Waals surface area contributed by atoms with Crippen LogP contribution in [-0.4, -0.2) is 73.7 Å².